The highest BCUT2D eigenvalue weighted by Crippen LogP contribution is 2.42. The number of rotatable bonds is 2. The smallest absolute Gasteiger partial charge is 0.142 e. The van der Waals surface area contributed by atoms with Crippen molar-refractivity contribution in [3.63, 3.8) is 0 Å². The number of ether oxygens (including phenoxy) is 1. The average molecular weight is 270 g/mol. The summed E-state index contributed by atoms with van der Waals surface area (Å²) in [6.07, 6.45) is 10.1. The zero-order chi connectivity index (χ0) is 12.4. The van der Waals surface area contributed by atoms with Crippen LogP contribution < -0.4 is 0 Å². The Kier molecular flexibility index (Phi) is 3.57. The van der Waals surface area contributed by atoms with Crippen LogP contribution in [0.1, 0.15) is 56.8 Å². The van der Waals surface area contributed by atoms with Gasteiger partial charge in [-0.1, -0.05) is 19.3 Å². The van der Waals surface area contributed by atoms with Gasteiger partial charge in [0.1, 0.15) is 12.2 Å². The van der Waals surface area contributed by atoms with Gasteiger partial charge in [-0.2, -0.15) is 5.10 Å². The van der Waals surface area contributed by atoms with Crippen LogP contribution in [-0.4, -0.2) is 27.0 Å². The number of aromatic nitrogens is 3. The summed E-state index contributed by atoms with van der Waals surface area (Å²) in [4.78, 5) is 4.22. The Morgan fingerprint density at radius 3 is 3.00 bits per heavy atom. The molecule has 5 heteroatoms. The second-order valence-electron chi connectivity index (χ2n) is 5.49. The second-order valence-corrected chi connectivity index (χ2v) is 5.76. The van der Waals surface area contributed by atoms with Crippen LogP contribution in [0.15, 0.2) is 6.33 Å². The van der Waals surface area contributed by atoms with Crippen molar-refractivity contribution in [1.29, 1.82) is 0 Å². The molecule has 1 aromatic rings. The topological polar surface area (TPSA) is 39.9 Å². The first-order valence-corrected chi connectivity index (χ1v) is 7.45. The van der Waals surface area contributed by atoms with E-state index < -0.39 is 0 Å². The lowest BCUT2D eigenvalue weighted by Crippen LogP contribution is -2.42. The third-order valence-corrected chi connectivity index (χ3v) is 4.58. The van der Waals surface area contributed by atoms with E-state index in [1.54, 1.807) is 6.33 Å². The fraction of sp³-hybridized carbons (Fsp3) is 0.846. The summed E-state index contributed by atoms with van der Waals surface area (Å²) in [6.45, 7) is 0.840. The van der Waals surface area contributed by atoms with E-state index in [9.17, 15) is 0 Å². The Bertz CT molecular complexity index is 395. The van der Waals surface area contributed by atoms with E-state index in [4.69, 9.17) is 16.3 Å². The van der Waals surface area contributed by atoms with E-state index in [1.807, 2.05) is 4.68 Å². The van der Waals surface area contributed by atoms with Crippen molar-refractivity contribution >= 4 is 11.6 Å². The maximum Gasteiger partial charge on any atom is 0.142 e. The van der Waals surface area contributed by atoms with Crippen molar-refractivity contribution in [2.75, 3.05) is 6.61 Å². The second kappa shape index (κ2) is 5.17. The lowest BCUT2D eigenvalue weighted by Gasteiger charge is -2.43. The van der Waals surface area contributed by atoms with Gasteiger partial charge in [0.25, 0.3) is 0 Å². The molecule has 100 valence electrons. The third kappa shape index (κ3) is 2.28. The normalized spacial score (nSPS) is 27.5. The van der Waals surface area contributed by atoms with Crippen LogP contribution in [0.5, 0.6) is 0 Å². The molecule has 3 rings (SSSR count). The molecule has 1 aliphatic carbocycles. The molecule has 1 saturated heterocycles. The first-order valence-electron chi connectivity index (χ1n) is 6.91. The molecule has 2 aliphatic rings. The molecule has 1 atom stereocenters. The van der Waals surface area contributed by atoms with Crippen LogP contribution in [0.2, 0.25) is 0 Å². The Morgan fingerprint density at radius 1 is 1.39 bits per heavy atom. The Labute approximate surface area is 113 Å². The van der Waals surface area contributed by atoms with E-state index >= 15 is 0 Å². The van der Waals surface area contributed by atoms with Gasteiger partial charge >= 0.3 is 0 Å². The first kappa shape index (κ1) is 12.4. The van der Waals surface area contributed by atoms with Gasteiger partial charge in [-0.3, -0.25) is 0 Å². The molecule has 0 N–H and O–H groups in total. The molecule has 2 fully saturated rings. The Hall–Kier alpha value is -0.610. The molecule has 4 nitrogen and oxygen atoms in total. The summed E-state index contributed by atoms with van der Waals surface area (Å²) < 4.78 is 8.13. The van der Waals surface area contributed by atoms with E-state index in [0.29, 0.717) is 11.9 Å². The maximum absolute atomic E-state index is 6.11. The molecule has 1 unspecified atom stereocenters. The van der Waals surface area contributed by atoms with E-state index in [2.05, 4.69) is 10.1 Å². The van der Waals surface area contributed by atoms with Crippen LogP contribution >= 0.6 is 11.6 Å². The van der Waals surface area contributed by atoms with Gasteiger partial charge in [-0.25, -0.2) is 9.67 Å². The molecule has 1 saturated carbocycles. The maximum atomic E-state index is 6.11. The minimum absolute atomic E-state index is 0.108. The summed E-state index contributed by atoms with van der Waals surface area (Å²) >= 11 is 5.92. The van der Waals surface area contributed by atoms with E-state index in [1.165, 1.54) is 32.1 Å². The minimum Gasteiger partial charge on any atom is -0.375 e. The SMILES string of the molecule is ClCc1ncnn1C1CCOC2(CCCCC2)C1. The third-order valence-electron chi connectivity index (χ3n) is 4.34. The molecular weight excluding hydrogens is 250 g/mol. The summed E-state index contributed by atoms with van der Waals surface area (Å²) in [7, 11) is 0. The van der Waals surface area contributed by atoms with Gasteiger partial charge in [0.2, 0.25) is 0 Å². The van der Waals surface area contributed by atoms with Gasteiger partial charge in [-0.05, 0) is 25.7 Å². The minimum atomic E-state index is 0.108. The predicted octanol–water partition coefficient (Wildman–Crippen LogP) is 3.07. The molecule has 18 heavy (non-hydrogen) atoms. The molecule has 0 radical (unpaired) electrons. The van der Waals surface area contributed by atoms with Gasteiger partial charge < -0.3 is 4.74 Å². The fourth-order valence-electron chi connectivity index (χ4n) is 3.43. The number of hydrogen-bond acceptors (Lipinski definition) is 3. The largest absolute Gasteiger partial charge is 0.375 e. The summed E-state index contributed by atoms with van der Waals surface area (Å²) in [5.74, 6) is 1.32. The Balaban J connectivity index is 1.77. The lowest BCUT2D eigenvalue weighted by atomic mass is 9.78. The van der Waals surface area contributed by atoms with E-state index in [0.717, 1.165) is 25.3 Å². The molecule has 0 amide bonds. The fourth-order valence-corrected chi connectivity index (χ4v) is 3.62. The van der Waals surface area contributed by atoms with Crippen LogP contribution in [0.4, 0.5) is 0 Å². The predicted molar refractivity (Wildman–Crippen MR) is 69.6 cm³/mol. The van der Waals surface area contributed by atoms with Crippen LogP contribution in [-0.2, 0) is 10.6 Å². The van der Waals surface area contributed by atoms with Crippen LogP contribution in [0.25, 0.3) is 0 Å². The van der Waals surface area contributed by atoms with E-state index in [-0.39, 0.29) is 5.60 Å². The molecule has 2 heterocycles. The quantitative estimate of drug-likeness (QED) is 0.775. The van der Waals surface area contributed by atoms with Crippen molar-refractivity contribution in [2.45, 2.75) is 62.5 Å². The summed E-state index contributed by atoms with van der Waals surface area (Å²) in [6, 6.07) is 0.410. The van der Waals surface area contributed by atoms with Crippen molar-refractivity contribution in [1.82, 2.24) is 14.8 Å². The number of halogens is 1. The molecule has 1 aliphatic heterocycles. The van der Waals surface area contributed by atoms with Crippen molar-refractivity contribution in [3.8, 4) is 0 Å². The van der Waals surface area contributed by atoms with Crippen LogP contribution in [0.3, 0.4) is 0 Å². The monoisotopic (exact) mass is 269 g/mol. The van der Waals surface area contributed by atoms with Crippen LogP contribution in [0, 0.1) is 0 Å². The number of alkyl halides is 1. The van der Waals surface area contributed by atoms with Gasteiger partial charge in [0.15, 0.2) is 0 Å². The van der Waals surface area contributed by atoms with Crippen molar-refractivity contribution in [3.05, 3.63) is 12.2 Å². The standard InChI is InChI=1S/C13H20ClN3O/c14-9-12-15-10-16-17(12)11-4-7-18-13(8-11)5-2-1-3-6-13/h10-11H,1-9H2. The number of nitrogens with zero attached hydrogens (tertiary/aromatic N) is 3. The Morgan fingerprint density at radius 2 is 2.22 bits per heavy atom. The molecular formula is C13H20ClN3O. The van der Waals surface area contributed by atoms with Gasteiger partial charge in [0, 0.05) is 6.61 Å². The highest BCUT2D eigenvalue weighted by atomic mass is 35.5. The summed E-state index contributed by atoms with van der Waals surface area (Å²) in [5.41, 5.74) is 0.108. The zero-order valence-electron chi connectivity index (χ0n) is 10.6. The van der Waals surface area contributed by atoms with Crippen molar-refractivity contribution < 1.29 is 4.74 Å². The molecule has 1 aromatic heterocycles. The molecule has 0 bridgehead atoms. The molecule has 1 spiro atoms. The zero-order valence-corrected chi connectivity index (χ0v) is 11.4. The van der Waals surface area contributed by atoms with Gasteiger partial charge in [-0.15, -0.1) is 11.6 Å². The lowest BCUT2D eigenvalue weighted by molar-refractivity contribution is -0.116. The van der Waals surface area contributed by atoms with Gasteiger partial charge in [0.05, 0.1) is 17.5 Å². The summed E-state index contributed by atoms with van der Waals surface area (Å²) in [5, 5.41) is 4.35. The van der Waals surface area contributed by atoms with Crippen molar-refractivity contribution in [2.24, 2.45) is 0 Å². The first-order chi connectivity index (χ1) is 8.83. The highest BCUT2D eigenvalue weighted by molar-refractivity contribution is 6.16. The molecule has 0 aromatic carbocycles. The number of hydrogen-bond donors (Lipinski definition) is 0. The average Bonchev–Trinajstić information content (AvgIpc) is 2.88. The highest BCUT2D eigenvalue weighted by Gasteiger charge is 2.39.